The average Bonchev–Trinajstić information content (AvgIpc) is 3.82. The van der Waals surface area contributed by atoms with E-state index in [0.29, 0.717) is 51.9 Å². The normalized spacial score (nSPS) is 15.8. The number of carbonyl (C=O) groups excluding carboxylic acids is 5. The van der Waals surface area contributed by atoms with Crippen LogP contribution in [0.1, 0.15) is 105 Å². The van der Waals surface area contributed by atoms with Crippen molar-refractivity contribution in [1.82, 2.24) is 31.2 Å². The molecule has 1 aromatic carbocycles. The lowest BCUT2D eigenvalue weighted by molar-refractivity contribution is -0.148. The number of halogens is 4. The quantitative estimate of drug-likeness (QED) is 0.0562. The number of aromatic nitrogens is 1. The van der Waals surface area contributed by atoms with Crippen LogP contribution in [0.15, 0.2) is 30.5 Å². The van der Waals surface area contributed by atoms with E-state index in [2.05, 4.69) is 26.3 Å². The lowest BCUT2D eigenvalue weighted by atomic mass is 9.85. The molecule has 0 spiro atoms. The minimum absolute atomic E-state index is 0. The van der Waals surface area contributed by atoms with Crippen LogP contribution in [-0.2, 0) is 35.1 Å². The van der Waals surface area contributed by atoms with Crippen molar-refractivity contribution in [2.75, 3.05) is 32.8 Å². The molecule has 0 saturated carbocycles. The summed E-state index contributed by atoms with van der Waals surface area (Å²) in [6.07, 6.45) is 7.96. The van der Waals surface area contributed by atoms with Gasteiger partial charge in [-0.3, -0.25) is 19.2 Å². The molecular weight excluding hydrogens is 884 g/mol. The van der Waals surface area contributed by atoms with Crippen molar-refractivity contribution in [2.24, 2.45) is 28.5 Å². The van der Waals surface area contributed by atoms with Crippen molar-refractivity contribution in [2.45, 2.75) is 142 Å². The van der Waals surface area contributed by atoms with Gasteiger partial charge in [-0.05, 0) is 87.9 Å². The van der Waals surface area contributed by atoms with E-state index in [1.54, 1.807) is 11.8 Å². The number of nitrogens with one attached hydrogen (secondary N) is 5. The van der Waals surface area contributed by atoms with Gasteiger partial charge >= 0.3 is 5.97 Å². The SMILES string of the molecule is CCOC(=O)[C@H](CC(C)C)NC(=O)[C@@H](NC(=O)[C@H](Cc1c[nH]c2ccccc12)NC(=O)[C@@H]1CCCN1C(=O)[C@H](CCCCN)NC[C@@H](N)CCCCN)C(C)(C)C.Cl.Cl.Cl.Cl.O. The van der Waals surface area contributed by atoms with Crippen LogP contribution >= 0.6 is 49.6 Å². The van der Waals surface area contributed by atoms with Crippen LogP contribution in [0.4, 0.5) is 0 Å². The molecule has 0 aliphatic carbocycles. The number of hydrogen-bond donors (Lipinski definition) is 8. The van der Waals surface area contributed by atoms with Gasteiger partial charge in [0.25, 0.3) is 0 Å². The fourth-order valence-corrected chi connectivity index (χ4v) is 7.35. The largest absolute Gasteiger partial charge is 0.464 e. The molecule has 4 amide bonds. The molecule has 0 bridgehead atoms. The number of rotatable bonds is 24. The minimum Gasteiger partial charge on any atom is -0.464 e. The van der Waals surface area contributed by atoms with Crippen molar-refractivity contribution < 1.29 is 34.2 Å². The van der Waals surface area contributed by atoms with Crippen LogP contribution in [0.25, 0.3) is 10.9 Å². The maximum absolute atomic E-state index is 14.4. The molecule has 6 atom stereocenters. The molecular formula is C42H77Cl4N9O7. The number of esters is 1. The number of aromatic amines is 1. The zero-order valence-corrected chi connectivity index (χ0v) is 40.6. The zero-order valence-electron chi connectivity index (χ0n) is 37.3. The van der Waals surface area contributed by atoms with Crippen LogP contribution < -0.4 is 38.5 Å². The van der Waals surface area contributed by atoms with E-state index in [0.717, 1.165) is 48.6 Å². The molecule has 20 heteroatoms. The first-order valence-electron chi connectivity index (χ1n) is 20.9. The van der Waals surface area contributed by atoms with E-state index < -0.39 is 59.3 Å². The van der Waals surface area contributed by atoms with Gasteiger partial charge in [0.1, 0.15) is 24.2 Å². The average molecular weight is 962 g/mol. The zero-order chi connectivity index (χ0) is 42.1. The Morgan fingerprint density at radius 1 is 0.871 bits per heavy atom. The Kier molecular flexibility index (Phi) is 32.5. The van der Waals surface area contributed by atoms with E-state index in [4.69, 9.17) is 21.9 Å². The summed E-state index contributed by atoms with van der Waals surface area (Å²) in [5.41, 5.74) is 18.7. The first kappa shape index (κ1) is 63.4. The molecule has 2 heterocycles. The second-order valence-electron chi connectivity index (χ2n) is 16.9. The summed E-state index contributed by atoms with van der Waals surface area (Å²) in [7, 11) is 0. The van der Waals surface area contributed by atoms with Crippen molar-refractivity contribution in [3.63, 3.8) is 0 Å². The second kappa shape index (κ2) is 31.8. The van der Waals surface area contributed by atoms with Crippen LogP contribution in [0, 0.1) is 11.3 Å². The fourth-order valence-electron chi connectivity index (χ4n) is 7.35. The van der Waals surface area contributed by atoms with Gasteiger partial charge in [-0.2, -0.15) is 0 Å². The molecule has 1 aliphatic rings. The third-order valence-corrected chi connectivity index (χ3v) is 10.5. The Morgan fingerprint density at radius 3 is 2.10 bits per heavy atom. The number of unbranched alkanes of at least 4 members (excludes halogenated alkanes) is 2. The first-order valence-corrected chi connectivity index (χ1v) is 20.9. The Morgan fingerprint density at radius 2 is 1.50 bits per heavy atom. The van der Waals surface area contributed by atoms with Crippen LogP contribution in [0.2, 0.25) is 0 Å². The number of H-pyrrole nitrogens is 1. The highest BCUT2D eigenvalue weighted by molar-refractivity contribution is 5.96. The maximum Gasteiger partial charge on any atom is 0.328 e. The first-order chi connectivity index (χ1) is 27.1. The molecule has 0 unspecified atom stereocenters. The predicted octanol–water partition coefficient (Wildman–Crippen LogP) is 3.22. The number of ether oxygens (including phenoxy) is 1. The van der Waals surface area contributed by atoms with Gasteiger partial charge in [-0.1, -0.05) is 65.7 Å². The molecule has 2 aromatic rings. The molecule has 1 saturated heterocycles. The number of para-hydroxylation sites is 1. The summed E-state index contributed by atoms with van der Waals surface area (Å²) in [6.45, 7) is 13.2. The van der Waals surface area contributed by atoms with Gasteiger partial charge in [-0.25, -0.2) is 4.79 Å². The summed E-state index contributed by atoms with van der Waals surface area (Å²) >= 11 is 0. The van der Waals surface area contributed by atoms with Crippen molar-refractivity contribution in [1.29, 1.82) is 0 Å². The number of benzene rings is 1. The third-order valence-electron chi connectivity index (χ3n) is 10.5. The number of amides is 4. The van der Waals surface area contributed by atoms with Crippen LogP contribution in [0.3, 0.4) is 0 Å². The Bertz CT molecular complexity index is 1620. The van der Waals surface area contributed by atoms with Gasteiger partial charge in [0.05, 0.1) is 12.6 Å². The molecule has 62 heavy (non-hydrogen) atoms. The highest BCUT2D eigenvalue weighted by atomic mass is 35.5. The van der Waals surface area contributed by atoms with Gasteiger partial charge in [-0.15, -0.1) is 49.6 Å². The molecule has 360 valence electrons. The van der Waals surface area contributed by atoms with Crippen molar-refractivity contribution in [3.8, 4) is 0 Å². The Hall–Kier alpha value is -2.93. The third kappa shape index (κ3) is 19.9. The van der Waals surface area contributed by atoms with Gasteiger partial charge in [0.2, 0.25) is 23.6 Å². The van der Waals surface area contributed by atoms with Gasteiger partial charge in [0.15, 0.2) is 0 Å². The van der Waals surface area contributed by atoms with E-state index in [-0.39, 0.29) is 86.0 Å². The maximum atomic E-state index is 14.4. The highest BCUT2D eigenvalue weighted by Gasteiger charge is 2.40. The molecule has 0 radical (unpaired) electrons. The summed E-state index contributed by atoms with van der Waals surface area (Å²) in [6, 6.07) is 3.12. The van der Waals surface area contributed by atoms with Gasteiger partial charge in [0, 0.05) is 42.7 Å². The molecule has 13 N–H and O–H groups in total. The van der Waals surface area contributed by atoms with E-state index in [9.17, 15) is 24.0 Å². The number of hydrogen-bond acceptors (Lipinski definition) is 10. The number of nitrogens with two attached hydrogens (primary N) is 3. The lowest BCUT2D eigenvalue weighted by Crippen LogP contribution is -2.61. The van der Waals surface area contributed by atoms with E-state index in [1.807, 2.05) is 65.1 Å². The highest BCUT2D eigenvalue weighted by Crippen LogP contribution is 2.24. The smallest absolute Gasteiger partial charge is 0.328 e. The second-order valence-corrected chi connectivity index (χ2v) is 16.9. The molecule has 16 nitrogen and oxygen atoms in total. The topological polar surface area (TPSA) is 271 Å². The predicted molar refractivity (Wildman–Crippen MR) is 256 cm³/mol. The summed E-state index contributed by atoms with van der Waals surface area (Å²) in [5, 5.41) is 13.0. The monoisotopic (exact) mass is 959 g/mol. The number of carbonyl (C=O) groups is 5. The molecule has 3 rings (SSSR count). The standard InChI is InChI=1S/C42H71N9O6.4ClH.H2O/c1-7-57-41(56)34(23-27(2)3)49-39(54)36(42(4,5)6)50-37(52)33(24-28-25-46-31-17-9-8-16-30(28)31)48-38(53)35-19-14-22-51(35)40(55)32(18-11-13-21-44)47-26-29(45)15-10-12-20-43;;;;;/h8-9,16-17,25,27,29,32-36,46-47H,7,10-15,18-24,26,43-45H2,1-6H3,(H,48,53)(H,49,54)(H,50,52);4*1H;1H2/t29-,32-,33-,34-,35-,36+;;;;;/m0...../s1. The summed E-state index contributed by atoms with van der Waals surface area (Å²) in [4.78, 5) is 74.4. The summed E-state index contributed by atoms with van der Waals surface area (Å²) in [5.74, 6) is -2.19. The molecule has 1 aromatic heterocycles. The molecule has 1 fully saturated rings. The number of likely N-dealkylation sites (tertiary alicyclic amines) is 1. The lowest BCUT2D eigenvalue weighted by Gasteiger charge is -2.34. The summed E-state index contributed by atoms with van der Waals surface area (Å²) < 4.78 is 5.25. The molecule has 1 aliphatic heterocycles. The van der Waals surface area contributed by atoms with Crippen LogP contribution in [0.5, 0.6) is 0 Å². The number of nitrogens with zero attached hydrogens (tertiary/aromatic N) is 1. The van der Waals surface area contributed by atoms with Gasteiger partial charge < -0.3 is 58.6 Å². The van der Waals surface area contributed by atoms with Crippen molar-refractivity contribution in [3.05, 3.63) is 36.0 Å². The number of fused-ring (bicyclic) bond motifs is 1. The Balaban J connectivity index is -0.00000696. The van der Waals surface area contributed by atoms with E-state index in [1.165, 1.54) is 0 Å². The fraction of sp³-hybridized carbons (Fsp3) is 0.690. The van der Waals surface area contributed by atoms with Crippen molar-refractivity contribution >= 4 is 90.1 Å². The minimum atomic E-state index is -1.10. The van der Waals surface area contributed by atoms with Crippen LogP contribution in [-0.4, -0.2) is 114 Å². The Labute approximate surface area is 393 Å². The van der Waals surface area contributed by atoms with E-state index >= 15 is 0 Å².